The van der Waals surface area contributed by atoms with Crippen LogP contribution in [0.4, 0.5) is 0 Å². The molecule has 2 aromatic carbocycles. The Labute approximate surface area is 189 Å². The summed E-state index contributed by atoms with van der Waals surface area (Å²) >= 11 is 0. The Morgan fingerprint density at radius 2 is 1.29 bits per heavy atom. The molecule has 0 bridgehead atoms. The van der Waals surface area contributed by atoms with Crippen molar-refractivity contribution >= 4 is 19.0 Å². The number of ether oxygens (including phenoxy) is 3. The summed E-state index contributed by atoms with van der Waals surface area (Å²) in [5.74, 6) is 2.02. The van der Waals surface area contributed by atoms with E-state index in [1.54, 1.807) is 0 Å². The fourth-order valence-electron chi connectivity index (χ4n) is 2.89. The molecule has 0 aliphatic rings. The Kier molecular flexibility index (Phi) is 9.87. The zero-order valence-electron chi connectivity index (χ0n) is 19.8. The smallest absolute Gasteiger partial charge is 0.138 e. The SMILES string of the molecule is CCCOc1cc(OCCC)c(P=C([O-])c2ccc(C(C)(C)C)cc2)c(OCCC)c1. The van der Waals surface area contributed by atoms with Crippen molar-refractivity contribution in [2.24, 2.45) is 0 Å². The van der Waals surface area contributed by atoms with E-state index in [-0.39, 0.29) is 10.9 Å². The van der Waals surface area contributed by atoms with Crippen LogP contribution in [0.1, 0.15) is 71.9 Å². The summed E-state index contributed by atoms with van der Waals surface area (Å²) in [4.78, 5) is 0. The molecule has 31 heavy (non-hydrogen) atoms. The number of rotatable bonds is 11. The molecule has 2 aromatic rings. The predicted molar refractivity (Wildman–Crippen MR) is 130 cm³/mol. The molecule has 0 aliphatic heterocycles. The van der Waals surface area contributed by atoms with Crippen LogP contribution in [-0.2, 0) is 5.41 Å². The van der Waals surface area contributed by atoms with Crippen LogP contribution in [0, 0.1) is 0 Å². The Bertz CT molecular complexity index is 822. The van der Waals surface area contributed by atoms with Crippen molar-refractivity contribution in [1.29, 1.82) is 0 Å². The van der Waals surface area contributed by atoms with Gasteiger partial charge in [0, 0.05) is 12.1 Å². The summed E-state index contributed by atoms with van der Waals surface area (Å²) in [6.07, 6.45) is 2.67. The third-order valence-electron chi connectivity index (χ3n) is 4.62. The monoisotopic (exact) mass is 443 g/mol. The van der Waals surface area contributed by atoms with Crippen molar-refractivity contribution in [2.75, 3.05) is 19.8 Å². The van der Waals surface area contributed by atoms with E-state index in [0.29, 0.717) is 50.8 Å². The Morgan fingerprint density at radius 3 is 1.74 bits per heavy atom. The normalized spacial score (nSPS) is 12.0. The van der Waals surface area contributed by atoms with E-state index in [1.165, 1.54) is 5.56 Å². The third-order valence-corrected chi connectivity index (χ3v) is 5.75. The first-order chi connectivity index (χ1) is 14.8. The largest absolute Gasteiger partial charge is 0.823 e. The van der Waals surface area contributed by atoms with Crippen LogP contribution in [0.2, 0.25) is 0 Å². The summed E-state index contributed by atoms with van der Waals surface area (Å²) in [6.45, 7) is 14.5. The average molecular weight is 444 g/mol. The molecule has 0 heterocycles. The molecule has 0 unspecified atom stereocenters. The lowest BCUT2D eigenvalue weighted by molar-refractivity contribution is -0.207. The van der Waals surface area contributed by atoms with Gasteiger partial charge in [-0.15, -0.1) is 5.48 Å². The van der Waals surface area contributed by atoms with E-state index >= 15 is 0 Å². The Morgan fingerprint density at radius 1 is 0.806 bits per heavy atom. The predicted octanol–water partition coefficient (Wildman–Crippen LogP) is 5.46. The van der Waals surface area contributed by atoms with Crippen molar-refractivity contribution < 1.29 is 19.3 Å². The lowest BCUT2D eigenvalue weighted by Crippen LogP contribution is -2.20. The highest BCUT2D eigenvalue weighted by Crippen LogP contribution is 2.31. The second kappa shape index (κ2) is 12.1. The molecule has 0 saturated carbocycles. The van der Waals surface area contributed by atoms with E-state index in [4.69, 9.17) is 14.2 Å². The molecule has 0 spiro atoms. The first kappa shape index (κ1) is 25.2. The maximum Gasteiger partial charge on any atom is 0.138 e. The van der Waals surface area contributed by atoms with Gasteiger partial charge in [-0.25, -0.2) is 0 Å². The Hall–Kier alpha value is -2.03. The van der Waals surface area contributed by atoms with Crippen LogP contribution >= 0.6 is 8.20 Å². The number of benzene rings is 2. The van der Waals surface area contributed by atoms with Crippen molar-refractivity contribution in [1.82, 2.24) is 0 Å². The van der Waals surface area contributed by atoms with Gasteiger partial charge < -0.3 is 19.3 Å². The van der Waals surface area contributed by atoms with Crippen LogP contribution in [0.25, 0.3) is 0 Å². The van der Waals surface area contributed by atoms with Gasteiger partial charge in [0.15, 0.2) is 0 Å². The molecule has 0 radical (unpaired) electrons. The molecule has 0 aromatic heterocycles. The maximum absolute atomic E-state index is 13.1. The van der Waals surface area contributed by atoms with Gasteiger partial charge in [-0.1, -0.05) is 74.0 Å². The van der Waals surface area contributed by atoms with Gasteiger partial charge in [-0.2, -0.15) is 0 Å². The van der Waals surface area contributed by atoms with Gasteiger partial charge in [-0.3, -0.25) is 0 Å². The maximum atomic E-state index is 13.1. The fourth-order valence-corrected chi connectivity index (χ4v) is 3.85. The minimum Gasteiger partial charge on any atom is -0.823 e. The van der Waals surface area contributed by atoms with Gasteiger partial charge in [0.25, 0.3) is 0 Å². The highest BCUT2D eigenvalue weighted by Gasteiger charge is 2.15. The summed E-state index contributed by atoms with van der Waals surface area (Å²) < 4.78 is 17.9. The fraction of sp³-hybridized carbons (Fsp3) is 0.500. The zero-order valence-corrected chi connectivity index (χ0v) is 20.7. The lowest BCUT2D eigenvalue weighted by atomic mass is 9.87. The Balaban J connectivity index is 2.48. The lowest BCUT2D eigenvalue weighted by Gasteiger charge is -2.21. The summed E-state index contributed by atoms with van der Waals surface area (Å²) in [5, 5.41) is 13.9. The van der Waals surface area contributed by atoms with Crippen LogP contribution < -0.4 is 24.6 Å². The molecule has 2 rings (SSSR count). The van der Waals surface area contributed by atoms with Crippen LogP contribution in [0.5, 0.6) is 17.2 Å². The van der Waals surface area contributed by atoms with E-state index in [9.17, 15) is 5.11 Å². The standard InChI is InChI=1S/C26H37O4P/c1-7-14-28-21-17-22(29-15-8-2)24(23(18-21)30-16-9-3)31-25(27)19-10-12-20(13-11-19)26(4,5)6/h10-13,17-18,27H,7-9,14-16H2,1-6H3/p-1. The van der Waals surface area contributed by atoms with Crippen LogP contribution in [0.3, 0.4) is 0 Å². The third kappa shape index (κ3) is 7.55. The van der Waals surface area contributed by atoms with Gasteiger partial charge >= 0.3 is 0 Å². The summed E-state index contributed by atoms with van der Waals surface area (Å²) in [6, 6.07) is 11.6. The second-order valence-electron chi connectivity index (χ2n) is 8.56. The number of hydrogen-bond acceptors (Lipinski definition) is 4. The molecule has 0 atom stereocenters. The van der Waals surface area contributed by atoms with E-state index in [1.807, 2.05) is 36.4 Å². The zero-order chi connectivity index (χ0) is 22.9. The van der Waals surface area contributed by atoms with Crippen molar-refractivity contribution in [3.05, 3.63) is 47.5 Å². The summed E-state index contributed by atoms with van der Waals surface area (Å²) in [7, 11) is 0.533. The molecular formula is C26H36O4P-. The molecular weight excluding hydrogens is 407 g/mol. The molecule has 0 fully saturated rings. The molecule has 4 nitrogen and oxygen atoms in total. The van der Waals surface area contributed by atoms with Gasteiger partial charge in [0.05, 0.1) is 25.1 Å². The van der Waals surface area contributed by atoms with E-state index in [0.717, 1.165) is 24.6 Å². The quantitative estimate of drug-likeness (QED) is 0.433. The number of hydrogen-bond donors (Lipinski definition) is 0. The minimum absolute atomic E-state index is 0.0189. The topological polar surface area (TPSA) is 50.8 Å². The van der Waals surface area contributed by atoms with Crippen LogP contribution in [0.15, 0.2) is 36.4 Å². The second-order valence-corrected chi connectivity index (χ2v) is 9.63. The molecule has 0 N–H and O–H groups in total. The highest BCUT2D eigenvalue weighted by molar-refractivity contribution is 7.49. The molecule has 0 saturated heterocycles. The van der Waals surface area contributed by atoms with Gasteiger partial charge in [0.2, 0.25) is 0 Å². The molecule has 0 amide bonds. The van der Waals surface area contributed by atoms with Gasteiger partial charge in [0.1, 0.15) is 17.2 Å². The van der Waals surface area contributed by atoms with Crippen molar-refractivity contribution in [2.45, 2.75) is 66.2 Å². The molecule has 5 heteroatoms. The van der Waals surface area contributed by atoms with E-state index in [2.05, 4.69) is 41.5 Å². The highest BCUT2D eigenvalue weighted by atomic mass is 31.1. The van der Waals surface area contributed by atoms with Crippen LogP contribution in [-0.4, -0.2) is 25.3 Å². The first-order valence-corrected chi connectivity index (χ1v) is 12.1. The van der Waals surface area contributed by atoms with Crippen molar-refractivity contribution in [3.8, 4) is 17.2 Å². The average Bonchev–Trinajstić information content (AvgIpc) is 2.75. The van der Waals surface area contributed by atoms with Crippen molar-refractivity contribution in [3.63, 3.8) is 0 Å². The van der Waals surface area contributed by atoms with Gasteiger partial charge in [-0.05, 0) is 35.8 Å². The molecule has 170 valence electrons. The summed E-state index contributed by atoms with van der Waals surface area (Å²) in [5.41, 5.74) is 1.96. The van der Waals surface area contributed by atoms with E-state index < -0.39 is 0 Å². The molecule has 0 aliphatic carbocycles. The first-order valence-electron chi connectivity index (χ1n) is 11.2. The minimum atomic E-state index is 0.0189.